The molecule has 0 N–H and O–H groups in total. The van der Waals surface area contributed by atoms with Crippen molar-refractivity contribution in [2.24, 2.45) is 0 Å². The summed E-state index contributed by atoms with van der Waals surface area (Å²) in [7, 11) is 0. The molecule has 0 saturated carbocycles. The Morgan fingerprint density at radius 2 is 2.05 bits per heavy atom. The number of nitro benzene ring substituents is 1. The number of hydrogen-bond acceptors (Lipinski definition) is 5. The zero-order valence-electron chi connectivity index (χ0n) is 10.6. The van der Waals surface area contributed by atoms with Crippen molar-refractivity contribution in [2.75, 3.05) is 6.61 Å². The summed E-state index contributed by atoms with van der Waals surface area (Å²) in [4.78, 5) is 25.1. The fraction of sp³-hybridized carbons (Fsp3) is 0.231. The maximum Gasteiger partial charge on any atom is 0.269 e. The highest BCUT2D eigenvalue weighted by molar-refractivity contribution is 5.35. The van der Waals surface area contributed by atoms with Crippen LogP contribution in [0.1, 0.15) is 6.42 Å². The maximum atomic E-state index is 11.4. The topological polar surface area (TPSA) is 87.3 Å². The number of benzene rings is 1. The molecule has 0 unspecified atom stereocenters. The standard InChI is InChI=1S/C13H13N3O4/c17-13-10-14-6-8-15(13)7-1-9-20-12-4-2-11(3-5-12)16(18)19/h2-6,8,10H,1,7,9H2. The van der Waals surface area contributed by atoms with Gasteiger partial charge in [0.05, 0.1) is 17.7 Å². The van der Waals surface area contributed by atoms with Crippen LogP contribution >= 0.6 is 0 Å². The number of rotatable bonds is 6. The smallest absolute Gasteiger partial charge is 0.269 e. The Balaban J connectivity index is 1.80. The first-order valence-electron chi connectivity index (χ1n) is 6.04. The third kappa shape index (κ3) is 3.64. The number of non-ortho nitro benzene ring substituents is 1. The van der Waals surface area contributed by atoms with E-state index in [0.717, 1.165) is 0 Å². The number of nitrogens with zero attached hydrogens (tertiary/aromatic N) is 3. The summed E-state index contributed by atoms with van der Waals surface area (Å²) >= 11 is 0. The summed E-state index contributed by atoms with van der Waals surface area (Å²) < 4.78 is 7.00. The van der Waals surface area contributed by atoms with Gasteiger partial charge in [0.1, 0.15) is 5.75 Å². The van der Waals surface area contributed by atoms with E-state index in [2.05, 4.69) is 4.98 Å². The average Bonchev–Trinajstić information content (AvgIpc) is 2.46. The molecule has 0 aliphatic heterocycles. The van der Waals surface area contributed by atoms with Crippen molar-refractivity contribution in [3.05, 3.63) is 63.3 Å². The number of aryl methyl sites for hydroxylation is 1. The molecule has 0 fully saturated rings. The molecule has 7 heteroatoms. The molecule has 7 nitrogen and oxygen atoms in total. The van der Waals surface area contributed by atoms with Gasteiger partial charge in [0.15, 0.2) is 0 Å². The third-order valence-electron chi connectivity index (χ3n) is 2.66. The van der Waals surface area contributed by atoms with Gasteiger partial charge in [-0.05, 0) is 18.6 Å². The van der Waals surface area contributed by atoms with E-state index in [1.165, 1.54) is 18.3 Å². The number of hydrogen-bond donors (Lipinski definition) is 0. The SMILES string of the molecule is O=c1cnccn1CCCOc1ccc([N+](=O)[O-])cc1. The van der Waals surface area contributed by atoms with Gasteiger partial charge in [-0.1, -0.05) is 0 Å². The van der Waals surface area contributed by atoms with E-state index >= 15 is 0 Å². The Morgan fingerprint density at radius 1 is 1.30 bits per heavy atom. The molecule has 2 rings (SSSR count). The van der Waals surface area contributed by atoms with E-state index < -0.39 is 4.92 Å². The molecule has 1 aromatic carbocycles. The molecule has 104 valence electrons. The normalized spacial score (nSPS) is 10.2. The summed E-state index contributed by atoms with van der Waals surface area (Å²) in [6.45, 7) is 0.959. The lowest BCUT2D eigenvalue weighted by Gasteiger charge is -2.07. The van der Waals surface area contributed by atoms with Crippen molar-refractivity contribution in [3.8, 4) is 5.75 Å². The summed E-state index contributed by atoms with van der Waals surface area (Å²) in [5.41, 5.74) is -0.122. The molecule has 0 atom stereocenters. The van der Waals surface area contributed by atoms with Crippen LogP contribution in [-0.4, -0.2) is 21.1 Å². The van der Waals surface area contributed by atoms with Crippen molar-refractivity contribution in [2.45, 2.75) is 13.0 Å². The van der Waals surface area contributed by atoms with Gasteiger partial charge in [-0.15, -0.1) is 0 Å². The molecule has 1 aromatic heterocycles. The van der Waals surface area contributed by atoms with Crippen LogP contribution in [0, 0.1) is 10.1 Å². The molecule has 0 radical (unpaired) electrons. The fourth-order valence-corrected chi connectivity index (χ4v) is 1.65. The number of aromatic nitrogens is 2. The van der Waals surface area contributed by atoms with Crippen LogP contribution in [0.3, 0.4) is 0 Å². The molecular formula is C13H13N3O4. The second-order valence-electron chi connectivity index (χ2n) is 4.06. The van der Waals surface area contributed by atoms with Crippen LogP contribution in [-0.2, 0) is 6.54 Å². The Morgan fingerprint density at radius 3 is 2.70 bits per heavy atom. The molecule has 0 aliphatic rings. The van der Waals surface area contributed by atoms with Crippen LogP contribution in [0.25, 0.3) is 0 Å². The predicted molar refractivity (Wildman–Crippen MR) is 71.7 cm³/mol. The average molecular weight is 275 g/mol. The van der Waals surface area contributed by atoms with Crippen molar-refractivity contribution >= 4 is 5.69 Å². The first kappa shape index (κ1) is 13.7. The van der Waals surface area contributed by atoms with Crippen molar-refractivity contribution < 1.29 is 9.66 Å². The predicted octanol–water partition coefficient (Wildman–Crippen LogP) is 1.62. The molecule has 1 heterocycles. The van der Waals surface area contributed by atoms with Crippen molar-refractivity contribution in [1.82, 2.24) is 9.55 Å². The first-order valence-corrected chi connectivity index (χ1v) is 6.04. The van der Waals surface area contributed by atoms with E-state index in [9.17, 15) is 14.9 Å². The van der Waals surface area contributed by atoms with Crippen molar-refractivity contribution in [1.29, 1.82) is 0 Å². The highest BCUT2D eigenvalue weighted by Gasteiger charge is 2.04. The van der Waals surface area contributed by atoms with Gasteiger partial charge in [0.2, 0.25) is 0 Å². The summed E-state index contributed by atoms with van der Waals surface area (Å²) in [5, 5.41) is 10.5. The Hall–Kier alpha value is -2.70. The largest absolute Gasteiger partial charge is 0.494 e. The number of ether oxygens (including phenoxy) is 1. The van der Waals surface area contributed by atoms with Crippen molar-refractivity contribution in [3.63, 3.8) is 0 Å². The third-order valence-corrected chi connectivity index (χ3v) is 2.66. The maximum absolute atomic E-state index is 11.4. The molecule has 2 aromatic rings. The van der Waals surface area contributed by atoms with Crippen LogP contribution in [0.15, 0.2) is 47.7 Å². The monoisotopic (exact) mass is 275 g/mol. The van der Waals surface area contributed by atoms with Crippen LogP contribution < -0.4 is 10.3 Å². The first-order chi connectivity index (χ1) is 9.66. The van der Waals surface area contributed by atoms with Gasteiger partial charge in [0, 0.05) is 31.1 Å². The molecule has 0 amide bonds. The fourth-order valence-electron chi connectivity index (χ4n) is 1.65. The van der Waals surface area contributed by atoms with Crippen LogP contribution in [0.2, 0.25) is 0 Å². The summed E-state index contributed by atoms with van der Waals surface area (Å²) in [6.07, 6.45) is 5.09. The number of nitro groups is 1. The van der Waals surface area contributed by atoms with Crippen LogP contribution in [0.4, 0.5) is 5.69 Å². The van der Waals surface area contributed by atoms with Gasteiger partial charge in [-0.25, -0.2) is 0 Å². The van der Waals surface area contributed by atoms with Crippen LogP contribution in [0.5, 0.6) is 5.75 Å². The van der Waals surface area contributed by atoms with Gasteiger partial charge < -0.3 is 9.30 Å². The zero-order valence-corrected chi connectivity index (χ0v) is 10.6. The molecular weight excluding hydrogens is 262 g/mol. The molecule has 0 saturated heterocycles. The lowest BCUT2D eigenvalue weighted by atomic mass is 10.3. The highest BCUT2D eigenvalue weighted by Crippen LogP contribution is 2.17. The van der Waals surface area contributed by atoms with E-state index in [-0.39, 0.29) is 11.2 Å². The van der Waals surface area contributed by atoms with E-state index in [1.54, 1.807) is 29.1 Å². The van der Waals surface area contributed by atoms with Gasteiger partial charge in [-0.3, -0.25) is 19.9 Å². The van der Waals surface area contributed by atoms with E-state index in [1.807, 2.05) is 0 Å². The molecule has 0 bridgehead atoms. The molecule has 20 heavy (non-hydrogen) atoms. The summed E-state index contributed by atoms with van der Waals surface area (Å²) in [5.74, 6) is 0.567. The highest BCUT2D eigenvalue weighted by atomic mass is 16.6. The van der Waals surface area contributed by atoms with E-state index in [0.29, 0.717) is 25.3 Å². The summed E-state index contributed by atoms with van der Waals surface area (Å²) in [6, 6.07) is 5.89. The lowest BCUT2D eigenvalue weighted by molar-refractivity contribution is -0.384. The Kier molecular flexibility index (Phi) is 4.43. The van der Waals surface area contributed by atoms with Gasteiger partial charge in [-0.2, -0.15) is 0 Å². The molecule has 0 aliphatic carbocycles. The minimum absolute atomic E-state index is 0.0284. The molecule has 0 spiro atoms. The van der Waals surface area contributed by atoms with E-state index in [4.69, 9.17) is 4.74 Å². The Bertz CT molecular complexity index is 637. The van der Waals surface area contributed by atoms with Gasteiger partial charge in [0.25, 0.3) is 11.2 Å². The quantitative estimate of drug-likeness (QED) is 0.454. The Labute approximate surface area is 114 Å². The second-order valence-corrected chi connectivity index (χ2v) is 4.06. The minimum Gasteiger partial charge on any atom is -0.494 e. The second kappa shape index (κ2) is 6.46. The zero-order chi connectivity index (χ0) is 14.4. The minimum atomic E-state index is -0.459. The lowest BCUT2D eigenvalue weighted by Crippen LogP contribution is -2.19. The van der Waals surface area contributed by atoms with Gasteiger partial charge >= 0.3 is 0 Å².